The first-order valence-electron chi connectivity index (χ1n) is 6.61. The van der Waals surface area contributed by atoms with E-state index in [-0.39, 0.29) is 12.0 Å². The maximum Gasteiger partial charge on any atom is 0.324 e. The monoisotopic (exact) mass is 242 g/mol. The van der Waals surface area contributed by atoms with Crippen LogP contribution in [0.25, 0.3) is 0 Å². The van der Waals surface area contributed by atoms with Crippen molar-refractivity contribution in [3.8, 4) is 0 Å². The van der Waals surface area contributed by atoms with Crippen LogP contribution in [0.2, 0.25) is 0 Å². The molecular formula is C13H26N2O2. The van der Waals surface area contributed by atoms with Crippen molar-refractivity contribution in [1.29, 1.82) is 0 Å². The fourth-order valence-corrected chi connectivity index (χ4v) is 2.35. The van der Waals surface area contributed by atoms with E-state index in [0.717, 1.165) is 26.2 Å². The second-order valence-corrected chi connectivity index (χ2v) is 5.51. The Kier molecular flexibility index (Phi) is 5.40. The van der Waals surface area contributed by atoms with Crippen molar-refractivity contribution in [1.82, 2.24) is 10.2 Å². The van der Waals surface area contributed by atoms with Crippen LogP contribution < -0.4 is 5.32 Å². The lowest BCUT2D eigenvalue weighted by atomic mass is 9.93. The Labute approximate surface area is 105 Å². The molecule has 0 spiro atoms. The maximum atomic E-state index is 11.8. The highest BCUT2D eigenvalue weighted by molar-refractivity contribution is 5.76. The maximum absolute atomic E-state index is 11.8. The Morgan fingerprint density at radius 2 is 2.18 bits per heavy atom. The third kappa shape index (κ3) is 4.64. The van der Waals surface area contributed by atoms with Crippen LogP contribution in [0, 0.1) is 5.41 Å². The van der Waals surface area contributed by atoms with E-state index in [9.17, 15) is 4.79 Å². The summed E-state index contributed by atoms with van der Waals surface area (Å²) >= 11 is 0. The molecule has 17 heavy (non-hydrogen) atoms. The van der Waals surface area contributed by atoms with Crippen LogP contribution in [0.15, 0.2) is 0 Å². The van der Waals surface area contributed by atoms with Gasteiger partial charge >= 0.3 is 5.97 Å². The topological polar surface area (TPSA) is 41.6 Å². The van der Waals surface area contributed by atoms with E-state index >= 15 is 0 Å². The summed E-state index contributed by atoms with van der Waals surface area (Å²) in [5.74, 6) is -0.126. The number of carbonyl (C=O) groups excluding carboxylic acids is 1. The number of nitrogens with one attached hydrogen (secondary N) is 1. The molecule has 0 aromatic rings. The zero-order chi connectivity index (χ0) is 12.9. The van der Waals surface area contributed by atoms with Crippen molar-refractivity contribution in [3.05, 3.63) is 0 Å². The highest BCUT2D eigenvalue weighted by Gasteiger charge is 2.32. The Morgan fingerprint density at radius 1 is 1.47 bits per heavy atom. The van der Waals surface area contributed by atoms with Crippen LogP contribution in [0.5, 0.6) is 0 Å². The summed E-state index contributed by atoms with van der Waals surface area (Å²) in [7, 11) is 0. The van der Waals surface area contributed by atoms with Gasteiger partial charge in [-0.1, -0.05) is 20.8 Å². The second-order valence-electron chi connectivity index (χ2n) is 5.51. The predicted octanol–water partition coefficient (Wildman–Crippen LogP) is 1.26. The van der Waals surface area contributed by atoms with Crippen LogP contribution in [-0.2, 0) is 9.53 Å². The Morgan fingerprint density at radius 3 is 2.65 bits per heavy atom. The smallest absolute Gasteiger partial charge is 0.324 e. The van der Waals surface area contributed by atoms with E-state index in [0.29, 0.717) is 12.0 Å². The quantitative estimate of drug-likeness (QED) is 0.712. The molecule has 0 radical (unpaired) electrons. The second kappa shape index (κ2) is 6.36. The summed E-state index contributed by atoms with van der Waals surface area (Å²) in [6, 6.07) is -0.186. The number of carbonyl (C=O) groups is 1. The third-order valence-corrected chi connectivity index (χ3v) is 3.22. The fourth-order valence-electron chi connectivity index (χ4n) is 2.35. The molecule has 0 bridgehead atoms. The van der Waals surface area contributed by atoms with Crippen LogP contribution in [-0.4, -0.2) is 49.7 Å². The molecule has 1 saturated heterocycles. The van der Waals surface area contributed by atoms with Gasteiger partial charge in [0.1, 0.15) is 6.04 Å². The molecule has 100 valence electrons. The number of rotatable bonds is 6. The van der Waals surface area contributed by atoms with Gasteiger partial charge in [0, 0.05) is 13.1 Å². The van der Waals surface area contributed by atoms with Gasteiger partial charge in [-0.25, -0.2) is 0 Å². The molecule has 0 saturated carbocycles. The van der Waals surface area contributed by atoms with E-state index in [2.05, 4.69) is 24.1 Å². The molecular weight excluding hydrogens is 216 g/mol. The molecule has 1 unspecified atom stereocenters. The summed E-state index contributed by atoms with van der Waals surface area (Å²) in [5, 5.41) is 3.21. The molecule has 0 aliphatic carbocycles. The first-order chi connectivity index (χ1) is 7.98. The average molecular weight is 242 g/mol. The molecule has 1 fully saturated rings. The molecule has 1 N–H and O–H groups in total. The minimum Gasteiger partial charge on any atom is -0.465 e. The van der Waals surface area contributed by atoms with E-state index < -0.39 is 0 Å². The first-order valence-corrected chi connectivity index (χ1v) is 6.61. The highest BCUT2D eigenvalue weighted by atomic mass is 16.5. The Hall–Kier alpha value is -0.610. The summed E-state index contributed by atoms with van der Waals surface area (Å²) in [4.78, 5) is 14.1. The van der Waals surface area contributed by atoms with Gasteiger partial charge in [-0.3, -0.25) is 4.79 Å². The number of hydrogen-bond acceptors (Lipinski definition) is 4. The van der Waals surface area contributed by atoms with Crippen LogP contribution in [0.4, 0.5) is 0 Å². The van der Waals surface area contributed by atoms with Crippen molar-refractivity contribution in [3.63, 3.8) is 0 Å². The highest BCUT2D eigenvalue weighted by Crippen LogP contribution is 2.28. The number of ether oxygens (including phenoxy) is 1. The van der Waals surface area contributed by atoms with Crippen molar-refractivity contribution < 1.29 is 9.53 Å². The zero-order valence-corrected chi connectivity index (χ0v) is 11.6. The number of nitrogens with zero attached hydrogens (tertiary/aromatic N) is 1. The SMILES string of the molecule is CCNC(CN1CCC(C)(C)C1)C(=O)OCC. The average Bonchev–Trinajstić information content (AvgIpc) is 2.58. The largest absolute Gasteiger partial charge is 0.465 e. The lowest BCUT2D eigenvalue weighted by Gasteiger charge is -2.24. The molecule has 1 aliphatic heterocycles. The standard InChI is InChI=1S/C13H26N2O2/c1-5-14-11(12(16)17-6-2)9-15-8-7-13(3,4)10-15/h11,14H,5-10H2,1-4H3. The van der Waals surface area contributed by atoms with E-state index in [1.165, 1.54) is 6.42 Å². The molecule has 0 aromatic heterocycles. The molecule has 1 rings (SSSR count). The molecule has 1 aliphatic rings. The molecule has 1 atom stereocenters. The fraction of sp³-hybridized carbons (Fsp3) is 0.923. The number of likely N-dealkylation sites (N-methyl/N-ethyl adjacent to an activating group) is 1. The van der Waals surface area contributed by atoms with Gasteiger partial charge in [-0.05, 0) is 31.8 Å². The van der Waals surface area contributed by atoms with Gasteiger partial charge in [-0.15, -0.1) is 0 Å². The van der Waals surface area contributed by atoms with Gasteiger partial charge in [0.15, 0.2) is 0 Å². The molecule has 1 heterocycles. The van der Waals surface area contributed by atoms with Gasteiger partial charge in [0.25, 0.3) is 0 Å². The van der Waals surface area contributed by atoms with Crippen molar-refractivity contribution >= 4 is 5.97 Å². The first kappa shape index (κ1) is 14.5. The molecule has 4 heteroatoms. The van der Waals surface area contributed by atoms with Crippen LogP contribution >= 0.6 is 0 Å². The normalized spacial score (nSPS) is 21.4. The van der Waals surface area contributed by atoms with Gasteiger partial charge in [-0.2, -0.15) is 0 Å². The summed E-state index contributed by atoms with van der Waals surface area (Å²) in [6.07, 6.45) is 1.20. The number of esters is 1. The van der Waals surface area contributed by atoms with Gasteiger partial charge in [0.2, 0.25) is 0 Å². The zero-order valence-electron chi connectivity index (χ0n) is 11.6. The van der Waals surface area contributed by atoms with Crippen molar-refractivity contribution in [2.75, 3.05) is 32.8 Å². The molecule has 4 nitrogen and oxygen atoms in total. The van der Waals surface area contributed by atoms with Gasteiger partial charge in [0.05, 0.1) is 6.61 Å². The lowest BCUT2D eigenvalue weighted by molar-refractivity contribution is -0.146. The Bertz CT molecular complexity index is 254. The summed E-state index contributed by atoms with van der Waals surface area (Å²) < 4.78 is 5.09. The predicted molar refractivity (Wildman–Crippen MR) is 68.9 cm³/mol. The summed E-state index contributed by atoms with van der Waals surface area (Å²) in [6.45, 7) is 12.6. The Balaban J connectivity index is 2.47. The van der Waals surface area contributed by atoms with E-state index in [4.69, 9.17) is 4.74 Å². The number of hydrogen-bond donors (Lipinski definition) is 1. The lowest BCUT2D eigenvalue weighted by Crippen LogP contribution is -2.46. The van der Waals surface area contributed by atoms with Crippen molar-refractivity contribution in [2.24, 2.45) is 5.41 Å². The van der Waals surface area contributed by atoms with Gasteiger partial charge < -0.3 is 15.0 Å². The molecule has 0 amide bonds. The van der Waals surface area contributed by atoms with Crippen LogP contribution in [0.1, 0.15) is 34.1 Å². The van der Waals surface area contributed by atoms with Crippen LogP contribution in [0.3, 0.4) is 0 Å². The minimum absolute atomic E-state index is 0.126. The third-order valence-electron chi connectivity index (χ3n) is 3.22. The van der Waals surface area contributed by atoms with E-state index in [1.807, 2.05) is 13.8 Å². The minimum atomic E-state index is -0.186. The summed E-state index contributed by atoms with van der Waals surface area (Å²) in [5.41, 5.74) is 0.380. The van der Waals surface area contributed by atoms with Crippen molar-refractivity contribution in [2.45, 2.75) is 40.2 Å². The molecule has 0 aromatic carbocycles. The number of likely N-dealkylation sites (tertiary alicyclic amines) is 1. The van der Waals surface area contributed by atoms with E-state index in [1.54, 1.807) is 0 Å².